The molecular formula is C41H40N2O7S2. The fourth-order valence-corrected chi connectivity index (χ4v) is 9.58. The summed E-state index contributed by atoms with van der Waals surface area (Å²) in [5.74, 6) is -3.21. The number of hydrogen-bond acceptors (Lipinski definition) is 9. The molecular weight excluding hydrogens is 697 g/mol. The normalized spacial score (nSPS) is 19.3. The highest BCUT2D eigenvalue weighted by atomic mass is 32.1. The lowest BCUT2D eigenvalue weighted by Crippen LogP contribution is -2.34. The van der Waals surface area contributed by atoms with Crippen LogP contribution in [0.5, 0.6) is 0 Å². The van der Waals surface area contributed by atoms with Crippen LogP contribution in [0.3, 0.4) is 0 Å². The van der Waals surface area contributed by atoms with E-state index in [2.05, 4.69) is 16.7 Å². The van der Waals surface area contributed by atoms with Crippen LogP contribution in [0.25, 0.3) is 20.2 Å². The predicted molar refractivity (Wildman–Crippen MR) is 203 cm³/mol. The van der Waals surface area contributed by atoms with E-state index in [1.165, 1.54) is 11.3 Å². The summed E-state index contributed by atoms with van der Waals surface area (Å²) in [6.07, 6.45) is 3.82. The van der Waals surface area contributed by atoms with Crippen molar-refractivity contribution in [2.45, 2.75) is 65.2 Å². The number of benzene rings is 2. The van der Waals surface area contributed by atoms with Crippen molar-refractivity contribution in [2.75, 3.05) is 6.61 Å². The van der Waals surface area contributed by atoms with Crippen LogP contribution in [0.1, 0.15) is 76.3 Å². The Labute approximate surface area is 309 Å². The van der Waals surface area contributed by atoms with Crippen LogP contribution >= 0.6 is 22.7 Å². The van der Waals surface area contributed by atoms with E-state index in [1.807, 2.05) is 67.1 Å². The summed E-state index contributed by atoms with van der Waals surface area (Å²) in [5, 5.41) is 32.6. The van der Waals surface area contributed by atoms with Gasteiger partial charge in [-0.25, -0.2) is 14.4 Å². The fourth-order valence-electron chi connectivity index (χ4n) is 7.61. The van der Waals surface area contributed by atoms with Crippen LogP contribution in [-0.2, 0) is 23.9 Å². The predicted octanol–water partition coefficient (Wildman–Crippen LogP) is 8.37. The van der Waals surface area contributed by atoms with Gasteiger partial charge in [0.2, 0.25) is 0 Å². The van der Waals surface area contributed by atoms with Crippen molar-refractivity contribution < 1.29 is 34.1 Å². The molecule has 9 nitrogen and oxygen atoms in total. The quantitative estimate of drug-likeness (QED) is 0.125. The van der Waals surface area contributed by atoms with Crippen LogP contribution in [0.4, 0.5) is 0 Å². The first kappa shape index (κ1) is 35.4. The molecule has 4 aromatic rings. The summed E-state index contributed by atoms with van der Waals surface area (Å²) < 4.78 is 7.47. The van der Waals surface area contributed by atoms with E-state index in [4.69, 9.17) is 4.74 Å². The van der Waals surface area contributed by atoms with Gasteiger partial charge in [-0.2, -0.15) is 0 Å². The summed E-state index contributed by atoms with van der Waals surface area (Å²) in [6.45, 7) is 7.36. The maximum absolute atomic E-state index is 12.7. The average Bonchev–Trinajstić information content (AvgIpc) is 4.05. The molecule has 2 aromatic carbocycles. The van der Waals surface area contributed by atoms with Crippen LogP contribution in [-0.4, -0.2) is 40.5 Å². The molecule has 2 aliphatic carbocycles. The Morgan fingerprint density at radius 2 is 1.13 bits per heavy atom. The number of rotatable bonds is 9. The van der Waals surface area contributed by atoms with E-state index < -0.39 is 23.8 Å². The Balaban J connectivity index is 0.000000162. The van der Waals surface area contributed by atoms with Crippen LogP contribution in [0.2, 0.25) is 0 Å². The number of nitrogens with one attached hydrogen (secondary N) is 2. The zero-order chi connectivity index (χ0) is 36.8. The van der Waals surface area contributed by atoms with Crippen molar-refractivity contribution >= 4 is 66.5 Å². The molecule has 268 valence electrons. The van der Waals surface area contributed by atoms with E-state index in [-0.39, 0.29) is 34.7 Å². The van der Waals surface area contributed by atoms with E-state index in [0.29, 0.717) is 17.8 Å². The van der Waals surface area contributed by atoms with E-state index in [0.717, 1.165) is 79.8 Å². The number of carbonyl (C=O) groups excluding carboxylic acids is 2. The van der Waals surface area contributed by atoms with Gasteiger partial charge in [0.05, 0.1) is 29.2 Å². The zero-order valence-corrected chi connectivity index (χ0v) is 31.0. The van der Waals surface area contributed by atoms with Crippen molar-refractivity contribution in [1.29, 1.82) is 0 Å². The number of ketones is 1. The van der Waals surface area contributed by atoms with Gasteiger partial charge in [-0.05, 0) is 110 Å². The lowest BCUT2D eigenvalue weighted by atomic mass is 9.78. The SMILES string of the molecule is CCOC(=O)C1=C(C)NC(C)=C(C(C)=O)C1c1csc2ccccc12.O=C(O)C1=C(C2CC2)NC(C2CC2)=C(C(=O)O)C1c1csc2ccccc12. The Morgan fingerprint density at radius 1 is 0.692 bits per heavy atom. The molecule has 2 saturated carbocycles. The maximum Gasteiger partial charge on any atom is 0.336 e. The minimum atomic E-state index is -1.03. The molecule has 8 rings (SSSR count). The number of dihydropyridines is 2. The summed E-state index contributed by atoms with van der Waals surface area (Å²) >= 11 is 3.16. The highest BCUT2D eigenvalue weighted by molar-refractivity contribution is 7.17. The Kier molecular flexibility index (Phi) is 9.67. The molecule has 0 saturated heterocycles. The van der Waals surface area contributed by atoms with Gasteiger partial charge in [0.25, 0.3) is 0 Å². The fraction of sp³-hybridized carbons (Fsp3) is 0.317. The molecule has 4 N–H and O–H groups in total. The number of allylic oxidation sites excluding steroid dienone is 5. The second-order valence-electron chi connectivity index (χ2n) is 13.7. The second-order valence-corrected chi connectivity index (χ2v) is 15.5. The first-order chi connectivity index (χ1) is 25.0. The Morgan fingerprint density at radius 3 is 1.56 bits per heavy atom. The number of Topliss-reactive ketones (excluding diaryl/α,β-unsaturated/α-hetero) is 1. The second kappa shape index (κ2) is 14.2. The van der Waals surface area contributed by atoms with Crippen molar-refractivity contribution in [3.63, 3.8) is 0 Å². The monoisotopic (exact) mass is 736 g/mol. The lowest BCUT2D eigenvalue weighted by molar-refractivity contribution is -0.139. The number of esters is 1. The molecule has 0 bridgehead atoms. The maximum atomic E-state index is 12.7. The summed E-state index contributed by atoms with van der Waals surface area (Å²) in [7, 11) is 0. The van der Waals surface area contributed by atoms with Gasteiger partial charge < -0.3 is 25.6 Å². The standard InChI is InChI=1S/C21H19NO4S.C20H21NO3S/c23-20(24)16-15(13-9-27-14-4-2-1-3-12(13)14)17(21(25)26)19(11-7-8-11)22-18(16)10-5-6-10;1-5-24-20(23)18-12(3)21-11(2)17(13(4)22)19(18)15-10-25-16-9-7-6-8-14(15)16/h1-4,9-11,15,22H,5-8H2,(H,23,24)(H,25,26);6-10,19,21H,5H2,1-4H3. The molecule has 2 aliphatic heterocycles. The number of fused-ring (bicyclic) bond motifs is 2. The minimum absolute atomic E-state index is 0.0421. The van der Waals surface area contributed by atoms with Crippen LogP contribution in [0.15, 0.2) is 104 Å². The highest BCUT2D eigenvalue weighted by Gasteiger charge is 2.46. The third-order valence-corrected chi connectivity index (χ3v) is 12.1. The average molecular weight is 737 g/mol. The molecule has 2 fully saturated rings. The van der Waals surface area contributed by atoms with Gasteiger partial charge in [-0.15, -0.1) is 22.7 Å². The largest absolute Gasteiger partial charge is 0.478 e. The summed E-state index contributed by atoms with van der Waals surface area (Å²) in [4.78, 5) is 49.7. The number of hydrogen-bond donors (Lipinski definition) is 4. The van der Waals surface area contributed by atoms with E-state index in [1.54, 1.807) is 25.2 Å². The molecule has 1 unspecified atom stereocenters. The molecule has 1 atom stereocenters. The summed E-state index contributed by atoms with van der Waals surface area (Å²) in [5.41, 5.74) is 6.32. The number of ether oxygens (including phenoxy) is 1. The molecule has 52 heavy (non-hydrogen) atoms. The molecule has 11 heteroatoms. The van der Waals surface area contributed by atoms with Gasteiger partial charge in [0, 0.05) is 43.7 Å². The number of carbonyl (C=O) groups is 4. The highest BCUT2D eigenvalue weighted by Crippen LogP contribution is 2.51. The molecule has 0 radical (unpaired) electrons. The first-order valence-corrected chi connectivity index (χ1v) is 19.3. The third-order valence-electron chi connectivity index (χ3n) is 10.1. The number of aliphatic carboxylic acids is 2. The van der Waals surface area contributed by atoms with Gasteiger partial charge in [-0.1, -0.05) is 36.4 Å². The number of carboxylic acid groups (broad SMARTS) is 2. The van der Waals surface area contributed by atoms with Crippen LogP contribution in [0, 0.1) is 11.8 Å². The van der Waals surface area contributed by atoms with Gasteiger partial charge >= 0.3 is 17.9 Å². The topological polar surface area (TPSA) is 142 Å². The smallest absolute Gasteiger partial charge is 0.336 e. The third kappa shape index (κ3) is 6.47. The Hall–Kier alpha value is -5.00. The molecule has 0 amide bonds. The first-order valence-electron chi connectivity index (χ1n) is 17.5. The molecule has 4 aliphatic rings. The van der Waals surface area contributed by atoms with Crippen LogP contribution < -0.4 is 10.6 Å². The lowest BCUT2D eigenvalue weighted by Gasteiger charge is -2.31. The van der Waals surface area contributed by atoms with Crippen molar-refractivity contribution in [1.82, 2.24) is 10.6 Å². The number of carboxylic acids is 2. The zero-order valence-electron chi connectivity index (χ0n) is 29.4. The van der Waals surface area contributed by atoms with Gasteiger partial charge in [-0.3, -0.25) is 4.79 Å². The molecule has 0 spiro atoms. The molecule has 2 aromatic heterocycles. The minimum Gasteiger partial charge on any atom is -0.478 e. The van der Waals surface area contributed by atoms with Gasteiger partial charge in [0.15, 0.2) is 5.78 Å². The van der Waals surface area contributed by atoms with Crippen molar-refractivity contribution in [3.05, 3.63) is 115 Å². The van der Waals surface area contributed by atoms with E-state index in [9.17, 15) is 29.4 Å². The van der Waals surface area contributed by atoms with Crippen molar-refractivity contribution in [3.8, 4) is 0 Å². The summed E-state index contributed by atoms with van der Waals surface area (Å²) in [6, 6.07) is 15.9. The Bertz CT molecular complexity index is 2230. The number of thiophene rings is 2. The van der Waals surface area contributed by atoms with E-state index >= 15 is 0 Å². The van der Waals surface area contributed by atoms with Gasteiger partial charge in [0.1, 0.15) is 0 Å². The van der Waals surface area contributed by atoms with Crippen molar-refractivity contribution in [2.24, 2.45) is 11.8 Å². The molecule has 4 heterocycles.